The van der Waals surface area contributed by atoms with E-state index < -0.39 is 5.54 Å². The van der Waals surface area contributed by atoms with E-state index in [1.807, 2.05) is 20.8 Å². The van der Waals surface area contributed by atoms with E-state index in [2.05, 4.69) is 16.4 Å². The number of rotatable bonds is 5. The molecule has 5 heteroatoms. The van der Waals surface area contributed by atoms with E-state index in [1.54, 1.807) is 0 Å². The van der Waals surface area contributed by atoms with Gasteiger partial charge in [-0.3, -0.25) is 5.32 Å². The number of nitrogens with one attached hydrogen (secondary N) is 1. The van der Waals surface area contributed by atoms with Gasteiger partial charge in [0.1, 0.15) is 11.3 Å². The van der Waals surface area contributed by atoms with Crippen LogP contribution in [0, 0.1) is 25.2 Å². The number of oxazole rings is 1. The lowest BCUT2D eigenvalue weighted by atomic mass is 10.1. The Morgan fingerprint density at radius 3 is 2.76 bits per heavy atom. The van der Waals surface area contributed by atoms with E-state index in [-0.39, 0.29) is 0 Å². The summed E-state index contributed by atoms with van der Waals surface area (Å²) in [7, 11) is 0. The van der Waals surface area contributed by atoms with Crippen LogP contribution in [0.3, 0.4) is 0 Å². The van der Waals surface area contributed by atoms with Gasteiger partial charge in [0, 0.05) is 11.8 Å². The van der Waals surface area contributed by atoms with Crippen molar-refractivity contribution in [3.8, 4) is 6.07 Å². The van der Waals surface area contributed by atoms with E-state index in [0.717, 1.165) is 11.5 Å². The predicted molar refractivity (Wildman–Crippen MR) is 66.9 cm³/mol. The lowest BCUT2D eigenvalue weighted by Crippen LogP contribution is -2.44. The maximum absolute atomic E-state index is 9.22. The number of thioether (sulfide) groups is 1. The van der Waals surface area contributed by atoms with Crippen LogP contribution in [-0.4, -0.2) is 22.3 Å². The highest BCUT2D eigenvalue weighted by Crippen LogP contribution is 2.27. The standard InChI is InChI=1S/C12H17N3OS/c1-8-9(2)16-11(14-8)17-7-12(3,6-13)15-10-4-5-10/h10,15H,4-5,7H2,1-3H3. The lowest BCUT2D eigenvalue weighted by molar-refractivity contribution is 0.428. The fourth-order valence-corrected chi connectivity index (χ4v) is 2.44. The first-order chi connectivity index (χ1) is 8.02. The van der Waals surface area contributed by atoms with Crippen LogP contribution in [0.4, 0.5) is 0 Å². The summed E-state index contributed by atoms with van der Waals surface area (Å²) in [6, 6.07) is 2.86. The molecule has 1 fully saturated rings. The van der Waals surface area contributed by atoms with Gasteiger partial charge in [-0.15, -0.1) is 0 Å². The molecule has 0 aromatic carbocycles. The Bertz CT molecular complexity index is 428. The molecule has 1 unspecified atom stereocenters. The fourth-order valence-electron chi connectivity index (χ4n) is 1.50. The molecule has 1 aromatic heterocycles. The molecule has 1 aliphatic carbocycles. The minimum absolute atomic E-state index is 0.498. The van der Waals surface area contributed by atoms with Crippen LogP contribution in [0.5, 0.6) is 0 Å². The Morgan fingerprint density at radius 2 is 2.29 bits per heavy atom. The normalized spacial score (nSPS) is 18.7. The highest BCUT2D eigenvalue weighted by Gasteiger charge is 2.33. The van der Waals surface area contributed by atoms with Crippen LogP contribution in [0.1, 0.15) is 31.2 Å². The maximum Gasteiger partial charge on any atom is 0.256 e. The summed E-state index contributed by atoms with van der Waals surface area (Å²) in [6.45, 7) is 5.76. The van der Waals surface area contributed by atoms with Crippen molar-refractivity contribution < 1.29 is 4.42 Å². The summed E-state index contributed by atoms with van der Waals surface area (Å²) in [5, 5.41) is 13.2. The van der Waals surface area contributed by atoms with Gasteiger partial charge in [0.2, 0.25) is 0 Å². The van der Waals surface area contributed by atoms with Crippen molar-refractivity contribution in [1.29, 1.82) is 5.26 Å². The van der Waals surface area contributed by atoms with Gasteiger partial charge in [-0.1, -0.05) is 11.8 Å². The van der Waals surface area contributed by atoms with Crippen molar-refractivity contribution in [2.45, 2.75) is 50.4 Å². The Hall–Kier alpha value is -0.990. The second-order valence-corrected chi connectivity index (χ2v) is 5.70. The molecule has 0 saturated heterocycles. The van der Waals surface area contributed by atoms with Crippen molar-refractivity contribution >= 4 is 11.8 Å². The Balaban J connectivity index is 1.93. The van der Waals surface area contributed by atoms with Gasteiger partial charge in [0.05, 0.1) is 11.8 Å². The van der Waals surface area contributed by atoms with Crippen LogP contribution in [-0.2, 0) is 0 Å². The van der Waals surface area contributed by atoms with Crippen LogP contribution < -0.4 is 5.32 Å². The molecule has 0 spiro atoms. The second-order valence-electron chi connectivity index (χ2n) is 4.77. The minimum atomic E-state index is -0.498. The van der Waals surface area contributed by atoms with Crippen molar-refractivity contribution in [1.82, 2.24) is 10.3 Å². The molecule has 1 N–H and O–H groups in total. The molecule has 0 aliphatic heterocycles. The molecule has 92 valence electrons. The van der Waals surface area contributed by atoms with Gasteiger partial charge in [0.15, 0.2) is 0 Å². The molecular weight excluding hydrogens is 234 g/mol. The summed E-state index contributed by atoms with van der Waals surface area (Å²) >= 11 is 1.49. The molecular formula is C12H17N3OS. The molecule has 2 rings (SSSR count). The lowest BCUT2D eigenvalue weighted by Gasteiger charge is -2.21. The van der Waals surface area contributed by atoms with Gasteiger partial charge in [0.25, 0.3) is 5.22 Å². The number of aromatic nitrogens is 1. The highest BCUT2D eigenvalue weighted by atomic mass is 32.2. The molecule has 1 heterocycles. The number of hydrogen-bond acceptors (Lipinski definition) is 5. The summed E-state index contributed by atoms with van der Waals surface area (Å²) in [5.74, 6) is 1.50. The van der Waals surface area contributed by atoms with Crippen LogP contribution in [0.15, 0.2) is 9.64 Å². The maximum atomic E-state index is 9.22. The summed E-state index contributed by atoms with van der Waals surface area (Å²) < 4.78 is 5.49. The second kappa shape index (κ2) is 4.71. The van der Waals surface area contributed by atoms with Crippen molar-refractivity contribution in [2.75, 3.05) is 5.75 Å². The third-order valence-corrected chi connectivity index (χ3v) is 3.98. The monoisotopic (exact) mass is 251 g/mol. The first-order valence-corrected chi connectivity index (χ1v) is 6.77. The van der Waals surface area contributed by atoms with E-state index in [9.17, 15) is 5.26 Å². The van der Waals surface area contributed by atoms with Gasteiger partial charge in [-0.25, -0.2) is 4.98 Å². The average molecular weight is 251 g/mol. The molecule has 4 nitrogen and oxygen atoms in total. The third-order valence-electron chi connectivity index (χ3n) is 2.84. The fraction of sp³-hybridized carbons (Fsp3) is 0.667. The summed E-state index contributed by atoms with van der Waals surface area (Å²) in [5.41, 5.74) is 0.420. The quantitative estimate of drug-likeness (QED) is 0.814. The van der Waals surface area contributed by atoms with E-state index >= 15 is 0 Å². The van der Waals surface area contributed by atoms with Crippen LogP contribution in [0.25, 0.3) is 0 Å². The topological polar surface area (TPSA) is 61.9 Å². The molecule has 1 saturated carbocycles. The third kappa shape index (κ3) is 3.24. The van der Waals surface area contributed by atoms with Gasteiger partial charge in [-0.05, 0) is 33.6 Å². The number of nitriles is 1. The van der Waals surface area contributed by atoms with Crippen molar-refractivity contribution in [3.05, 3.63) is 11.5 Å². The molecule has 0 radical (unpaired) electrons. The van der Waals surface area contributed by atoms with Gasteiger partial charge < -0.3 is 4.42 Å². The Kier molecular flexibility index (Phi) is 3.45. The molecule has 1 atom stereocenters. The number of nitrogens with zero attached hydrogens (tertiary/aromatic N) is 2. The molecule has 1 aromatic rings. The Labute approximate surface area is 106 Å². The molecule has 0 bridgehead atoms. The van der Waals surface area contributed by atoms with E-state index in [0.29, 0.717) is 17.0 Å². The van der Waals surface area contributed by atoms with Crippen molar-refractivity contribution in [2.24, 2.45) is 0 Å². The predicted octanol–water partition coefficient (Wildman–Crippen LogP) is 2.42. The first-order valence-electron chi connectivity index (χ1n) is 5.78. The van der Waals surface area contributed by atoms with E-state index in [1.165, 1.54) is 24.6 Å². The largest absolute Gasteiger partial charge is 0.437 e. The summed E-state index contributed by atoms with van der Waals surface area (Å²) in [4.78, 5) is 4.30. The zero-order valence-electron chi connectivity index (χ0n) is 10.4. The minimum Gasteiger partial charge on any atom is -0.437 e. The number of aryl methyl sites for hydroxylation is 2. The zero-order valence-corrected chi connectivity index (χ0v) is 11.2. The van der Waals surface area contributed by atoms with Crippen molar-refractivity contribution in [3.63, 3.8) is 0 Å². The Morgan fingerprint density at radius 1 is 1.59 bits per heavy atom. The SMILES string of the molecule is Cc1nc(SCC(C)(C#N)NC2CC2)oc1C. The summed E-state index contributed by atoms with van der Waals surface area (Å²) in [6.07, 6.45) is 2.36. The van der Waals surface area contributed by atoms with Crippen LogP contribution >= 0.6 is 11.8 Å². The average Bonchev–Trinajstić information content (AvgIpc) is 3.03. The zero-order chi connectivity index (χ0) is 12.5. The highest BCUT2D eigenvalue weighted by molar-refractivity contribution is 7.99. The molecule has 17 heavy (non-hydrogen) atoms. The smallest absolute Gasteiger partial charge is 0.256 e. The van der Waals surface area contributed by atoms with Crippen LogP contribution in [0.2, 0.25) is 0 Å². The number of hydrogen-bond donors (Lipinski definition) is 1. The van der Waals surface area contributed by atoms with Gasteiger partial charge >= 0.3 is 0 Å². The van der Waals surface area contributed by atoms with Gasteiger partial charge in [-0.2, -0.15) is 5.26 Å². The molecule has 1 aliphatic rings. The van der Waals surface area contributed by atoms with E-state index in [4.69, 9.17) is 4.42 Å². The molecule has 0 amide bonds. The first kappa shape index (κ1) is 12.5.